The first-order chi connectivity index (χ1) is 11.0. The third-order valence-electron chi connectivity index (χ3n) is 3.20. The number of hydrogen-bond acceptors (Lipinski definition) is 3. The molecule has 2 amide bonds. The molecule has 1 atom stereocenters. The smallest absolute Gasteiger partial charge is 0.261 e. The van der Waals surface area contributed by atoms with E-state index in [4.69, 9.17) is 0 Å². The van der Waals surface area contributed by atoms with Crippen molar-refractivity contribution >= 4 is 23.2 Å². The Kier molecular flexibility index (Phi) is 5.81. The van der Waals surface area contributed by atoms with Gasteiger partial charge in [0.1, 0.15) is 0 Å². The van der Waals surface area contributed by atoms with Gasteiger partial charge in [-0.15, -0.1) is 11.3 Å². The van der Waals surface area contributed by atoms with Crippen LogP contribution in [0.2, 0.25) is 0 Å². The van der Waals surface area contributed by atoms with Crippen molar-refractivity contribution in [2.45, 2.75) is 19.4 Å². The molecule has 7 heteroatoms. The lowest BCUT2D eigenvalue weighted by atomic mass is 10.1. The van der Waals surface area contributed by atoms with E-state index in [0.717, 1.165) is 12.1 Å². The van der Waals surface area contributed by atoms with Crippen molar-refractivity contribution in [3.05, 3.63) is 57.8 Å². The number of rotatable bonds is 6. The Hall–Kier alpha value is -2.28. The molecule has 0 saturated heterocycles. The standard InChI is InChI=1S/C16H16F2N2O2S/c1-10(11-4-5-12(17)13(18)9-11)20-15(21)6-7-19-16(22)14-3-2-8-23-14/h2-5,8-10H,6-7H2,1H3,(H,19,22)(H,20,21). The summed E-state index contributed by atoms with van der Waals surface area (Å²) in [4.78, 5) is 24.1. The van der Waals surface area contributed by atoms with Crippen LogP contribution in [0.4, 0.5) is 8.78 Å². The Morgan fingerprint density at radius 3 is 2.65 bits per heavy atom. The fourth-order valence-electron chi connectivity index (χ4n) is 1.96. The van der Waals surface area contributed by atoms with Crippen LogP contribution in [0, 0.1) is 11.6 Å². The minimum atomic E-state index is -0.952. The molecule has 0 aliphatic heterocycles. The van der Waals surface area contributed by atoms with Gasteiger partial charge in [-0.25, -0.2) is 8.78 Å². The van der Waals surface area contributed by atoms with E-state index in [2.05, 4.69) is 10.6 Å². The number of halogens is 2. The molecule has 0 aliphatic carbocycles. The van der Waals surface area contributed by atoms with Crippen molar-refractivity contribution in [1.29, 1.82) is 0 Å². The monoisotopic (exact) mass is 338 g/mol. The molecule has 2 N–H and O–H groups in total. The van der Waals surface area contributed by atoms with Crippen LogP contribution in [0.15, 0.2) is 35.7 Å². The molecule has 1 unspecified atom stereocenters. The number of carbonyl (C=O) groups is 2. The molecule has 2 aromatic rings. The van der Waals surface area contributed by atoms with Gasteiger partial charge in [0.15, 0.2) is 11.6 Å². The zero-order chi connectivity index (χ0) is 16.8. The van der Waals surface area contributed by atoms with E-state index in [1.165, 1.54) is 17.4 Å². The number of carbonyl (C=O) groups excluding carboxylic acids is 2. The van der Waals surface area contributed by atoms with Gasteiger partial charge in [-0.3, -0.25) is 9.59 Å². The van der Waals surface area contributed by atoms with Crippen LogP contribution >= 0.6 is 11.3 Å². The number of amides is 2. The molecule has 0 spiro atoms. The number of nitrogens with one attached hydrogen (secondary N) is 2. The molecule has 0 fully saturated rings. The van der Waals surface area contributed by atoms with Gasteiger partial charge in [-0.1, -0.05) is 12.1 Å². The lowest BCUT2D eigenvalue weighted by molar-refractivity contribution is -0.121. The summed E-state index contributed by atoms with van der Waals surface area (Å²) in [5.74, 6) is -2.38. The van der Waals surface area contributed by atoms with Crippen LogP contribution in [0.3, 0.4) is 0 Å². The summed E-state index contributed by atoms with van der Waals surface area (Å²) in [6.45, 7) is 1.88. The number of benzene rings is 1. The normalized spacial score (nSPS) is 11.8. The van der Waals surface area contributed by atoms with Gasteiger partial charge in [0, 0.05) is 13.0 Å². The summed E-state index contributed by atoms with van der Waals surface area (Å²) < 4.78 is 26.1. The predicted molar refractivity (Wildman–Crippen MR) is 84.2 cm³/mol. The molecule has 122 valence electrons. The minimum absolute atomic E-state index is 0.102. The lowest BCUT2D eigenvalue weighted by Gasteiger charge is -2.14. The largest absolute Gasteiger partial charge is 0.351 e. The summed E-state index contributed by atoms with van der Waals surface area (Å²) in [5, 5.41) is 7.12. The van der Waals surface area contributed by atoms with Gasteiger partial charge in [-0.05, 0) is 36.1 Å². The van der Waals surface area contributed by atoms with Crippen molar-refractivity contribution in [3.8, 4) is 0 Å². The Bertz CT molecular complexity index is 689. The molecular formula is C16H16F2N2O2S. The number of thiophene rings is 1. The highest BCUT2D eigenvalue weighted by molar-refractivity contribution is 7.12. The van der Waals surface area contributed by atoms with Crippen molar-refractivity contribution in [2.24, 2.45) is 0 Å². The van der Waals surface area contributed by atoms with Crippen LogP contribution in [-0.4, -0.2) is 18.4 Å². The van der Waals surface area contributed by atoms with E-state index in [-0.39, 0.29) is 24.8 Å². The topological polar surface area (TPSA) is 58.2 Å². The van der Waals surface area contributed by atoms with Gasteiger partial charge >= 0.3 is 0 Å². The summed E-state index contributed by atoms with van der Waals surface area (Å²) in [7, 11) is 0. The lowest BCUT2D eigenvalue weighted by Crippen LogP contribution is -2.31. The van der Waals surface area contributed by atoms with Crippen LogP contribution < -0.4 is 10.6 Å². The average molecular weight is 338 g/mol. The summed E-state index contributed by atoms with van der Waals surface area (Å²) in [6, 6.07) is 6.52. The van der Waals surface area contributed by atoms with Crippen molar-refractivity contribution in [3.63, 3.8) is 0 Å². The van der Waals surface area contributed by atoms with E-state index < -0.39 is 17.7 Å². The van der Waals surface area contributed by atoms with E-state index in [9.17, 15) is 18.4 Å². The second-order valence-corrected chi connectivity index (χ2v) is 5.89. The van der Waals surface area contributed by atoms with Gasteiger partial charge in [0.25, 0.3) is 5.91 Å². The molecular weight excluding hydrogens is 322 g/mol. The predicted octanol–water partition coefficient (Wildman–Crippen LogP) is 3.02. The molecule has 1 aromatic heterocycles. The fourth-order valence-corrected chi connectivity index (χ4v) is 2.60. The zero-order valence-electron chi connectivity index (χ0n) is 12.4. The third kappa shape index (κ3) is 4.85. The zero-order valence-corrected chi connectivity index (χ0v) is 13.3. The van der Waals surface area contributed by atoms with E-state index in [1.54, 1.807) is 24.4 Å². The first kappa shape index (κ1) is 17.1. The second kappa shape index (κ2) is 7.82. The van der Waals surface area contributed by atoms with Crippen molar-refractivity contribution < 1.29 is 18.4 Å². The Labute approximate surface area is 136 Å². The van der Waals surface area contributed by atoms with Crippen LogP contribution in [0.1, 0.15) is 34.6 Å². The minimum Gasteiger partial charge on any atom is -0.351 e. The van der Waals surface area contributed by atoms with E-state index >= 15 is 0 Å². The maximum atomic E-state index is 13.2. The highest BCUT2D eigenvalue weighted by atomic mass is 32.1. The number of hydrogen-bond donors (Lipinski definition) is 2. The SMILES string of the molecule is CC(NC(=O)CCNC(=O)c1cccs1)c1ccc(F)c(F)c1. The van der Waals surface area contributed by atoms with Gasteiger partial charge < -0.3 is 10.6 Å². The highest BCUT2D eigenvalue weighted by Crippen LogP contribution is 2.16. The van der Waals surface area contributed by atoms with Crippen molar-refractivity contribution in [2.75, 3.05) is 6.54 Å². The van der Waals surface area contributed by atoms with Gasteiger partial charge in [0.05, 0.1) is 10.9 Å². The molecule has 4 nitrogen and oxygen atoms in total. The fraction of sp³-hybridized carbons (Fsp3) is 0.250. The molecule has 0 saturated carbocycles. The summed E-state index contributed by atoms with van der Waals surface area (Å²) in [5.41, 5.74) is 0.472. The summed E-state index contributed by atoms with van der Waals surface area (Å²) in [6.07, 6.45) is 0.102. The molecule has 1 heterocycles. The maximum Gasteiger partial charge on any atom is 0.261 e. The molecule has 1 aromatic carbocycles. The quantitative estimate of drug-likeness (QED) is 0.851. The molecule has 23 heavy (non-hydrogen) atoms. The molecule has 0 bridgehead atoms. The third-order valence-corrected chi connectivity index (χ3v) is 4.07. The molecule has 0 radical (unpaired) electrons. The Balaban J connectivity index is 1.77. The highest BCUT2D eigenvalue weighted by Gasteiger charge is 2.12. The molecule has 2 rings (SSSR count). The van der Waals surface area contributed by atoms with E-state index in [0.29, 0.717) is 10.4 Å². The van der Waals surface area contributed by atoms with Gasteiger partial charge in [-0.2, -0.15) is 0 Å². The molecule has 0 aliphatic rings. The second-order valence-electron chi connectivity index (χ2n) is 4.95. The van der Waals surface area contributed by atoms with Crippen LogP contribution in [-0.2, 0) is 4.79 Å². The Morgan fingerprint density at radius 2 is 2.00 bits per heavy atom. The van der Waals surface area contributed by atoms with E-state index in [1.807, 2.05) is 0 Å². The van der Waals surface area contributed by atoms with Gasteiger partial charge in [0.2, 0.25) is 5.91 Å². The summed E-state index contributed by atoms with van der Waals surface area (Å²) >= 11 is 1.32. The maximum absolute atomic E-state index is 13.2. The Morgan fingerprint density at radius 1 is 1.22 bits per heavy atom. The van der Waals surface area contributed by atoms with Crippen LogP contribution in [0.5, 0.6) is 0 Å². The first-order valence-electron chi connectivity index (χ1n) is 7.03. The first-order valence-corrected chi connectivity index (χ1v) is 7.91. The average Bonchev–Trinajstić information content (AvgIpc) is 3.04. The van der Waals surface area contributed by atoms with Crippen molar-refractivity contribution in [1.82, 2.24) is 10.6 Å². The van der Waals surface area contributed by atoms with Crippen LogP contribution in [0.25, 0.3) is 0 Å².